The molecule has 1 saturated heterocycles. The fraction of sp³-hybridized carbons (Fsp3) is 0.0833. The molecule has 0 radical (unpaired) electrons. The standard InChI is InChI=1S/C24H16BrFINO3S/c25-18-5-10-21(31-14-16-1-6-19(26)7-2-16)17(11-18)12-22-23(29)28(24(30)32-22)13-15-3-8-20(27)9-4-15/h1-12H,13-14H2/b22-12-. The number of imide groups is 1. The maximum absolute atomic E-state index is 13.1. The van der Waals surface area contributed by atoms with E-state index in [1.807, 2.05) is 36.4 Å². The van der Waals surface area contributed by atoms with E-state index < -0.39 is 0 Å². The molecule has 0 saturated carbocycles. The molecule has 0 atom stereocenters. The molecule has 0 spiro atoms. The van der Waals surface area contributed by atoms with Gasteiger partial charge in [-0.25, -0.2) is 4.39 Å². The van der Waals surface area contributed by atoms with Crippen LogP contribution in [0.5, 0.6) is 5.75 Å². The molecule has 0 aliphatic carbocycles. The average Bonchev–Trinajstić information content (AvgIpc) is 3.03. The van der Waals surface area contributed by atoms with Crippen LogP contribution in [0, 0.1) is 9.39 Å². The Bertz CT molecular complexity index is 1200. The molecular formula is C24H16BrFINO3S. The number of carbonyl (C=O) groups is 2. The van der Waals surface area contributed by atoms with Crippen LogP contribution in [0.15, 0.2) is 76.1 Å². The van der Waals surface area contributed by atoms with Crippen LogP contribution in [0.3, 0.4) is 0 Å². The summed E-state index contributed by atoms with van der Waals surface area (Å²) in [6.07, 6.45) is 1.67. The highest BCUT2D eigenvalue weighted by atomic mass is 127. The van der Waals surface area contributed by atoms with Crippen LogP contribution in [-0.4, -0.2) is 16.0 Å². The summed E-state index contributed by atoms with van der Waals surface area (Å²) in [7, 11) is 0. The first-order valence-corrected chi connectivity index (χ1v) is 12.2. The van der Waals surface area contributed by atoms with Crippen molar-refractivity contribution >= 4 is 67.5 Å². The molecule has 1 aliphatic rings. The number of rotatable bonds is 6. The van der Waals surface area contributed by atoms with Crippen LogP contribution >= 0.6 is 50.3 Å². The number of halogens is 3. The molecule has 8 heteroatoms. The number of hydrogen-bond acceptors (Lipinski definition) is 4. The average molecular weight is 624 g/mol. The molecule has 1 fully saturated rings. The number of hydrogen-bond donors (Lipinski definition) is 0. The summed E-state index contributed by atoms with van der Waals surface area (Å²) in [6, 6.07) is 19.2. The lowest BCUT2D eigenvalue weighted by Gasteiger charge is -2.13. The zero-order valence-electron chi connectivity index (χ0n) is 16.6. The van der Waals surface area contributed by atoms with Crippen LogP contribution in [-0.2, 0) is 17.9 Å². The lowest BCUT2D eigenvalue weighted by atomic mass is 10.1. The summed E-state index contributed by atoms with van der Waals surface area (Å²) in [5.74, 6) is -0.0796. The van der Waals surface area contributed by atoms with Crippen molar-refractivity contribution in [3.63, 3.8) is 0 Å². The third-order valence-corrected chi connectivity index (χ3v) is 6.81. The molecule has 1 aliphatic heterocycles. The lowest BCUT2D eigenvalue weighted by molar-refractivity contribution is -0.123. The van der Waals surface area contributed by atoms with Gasteiger partial charge in [0, 0.05) is 13.6 Å². The SMILES string of the molecule is O=C1S/C(=C\c2cc(Br)ccc2OCc2ccc(F)cc2)C(=O)N1Cc1ccc(I)cc1. The van der Waals surface area contributed by atoms with Gasteiger partial charge in [-0.15, -0.1) is 0 Å². The van der Waals surface area contributed by atoms with Crippen LogP contribution in [0.1, 0.15) is 16.7 Å². The second kappa shape index (κ2) is 10.2. The minimum Gasteiger partial charge on any atom is -0.488 e. The number of thioether (sulfide) groups is 1. The third-order valence-electron chi connectivity index (χ3n) is 4.69. The summed E-state index contributed by atoms with van der Waals surface area (Å²) in [4.78, 5) is 27.0. The smallest absolute Gasteiger partial charge is 0.293 e. The van der Waals surface area contributed by atoms with Crippen LogP contribution in [0.25, 0.3) is 6.08 Å². The van der Waals surface area contributed by atoms with E-state index in [0.717, 1.165) is 30.9 Å². The van der Waals surface area contributed by atoms with Crippen LogP contribution in [0.2, 0.25) is 0 Å². The van der Waals surface area contributed by atoms with Gasteiger partial charge in [-0.1, -0.05) is 40.2 Å². The maximum Gasteiger partial charge on any atom is 0.293 e. The predicted octanol–water partition coefficient (Wildman–Crippen LogP) is 7.01. The molecule has 3 aromatic rings. The van der Waals surface area contributed by atoms with Crippen molar-refractivity contribution in [3.05, 3.63) is 102 Å². The van der Waals surface area contributed by atoms with E-state index in [-0.39, 0.29) is 30.1 Å². The Hall–Kier alpha value is -2.17. The monoisotopic (exact) mass is 623 g/mol. The Morgan fingerprint density at radius 2 is 1.69 bits per heavy atom. The van der Waals surface area contributed by atoms with Crippen molar-refractivity contribution in [2.45, 2.75) is 13.2 Å². The van der Waals surface area contributed by atoms with Crippen molar-refractivity contribution < 1.29 is 18.7 Å². The van der Waals surface area contributed by atoms with Gasteiger partial charge in [0.2, 0.25) is 0 Å². The topological polar surface area (TPSA) is 46.6 Å². The van der Waals surface area contributed by atoms with Gasteiger partial charge in [0.1, 0.15) is 18.2 Å². The number of carbonyl (C=O) groups excluding carboxylic acids is 2. The molecule has 4 rings (SSSR count). The van der Waals surface area contributed by atoms with Crippen molar-refractivity contribution in [2.75, 3.05) is 0 Å². The predicted molar refractivity (Wildman–Crippen MR) is 136 cm³/mol. The lowest BCUT2D eigenvalue weighted by Crippen LogP contribution is -2.27. The van der Waals surface area contributed by atoms with Gasteiger partial charge in [-0.05, 0) is 94.0 Å². The van der Waals surface area contributed by atoms with Gasteiger partial charge < -0.3 is 4.74 Å². The van der Waals surface area contributed by atoms with Gasteiger partial charge in [0.25, 0.3) is 11.1 Å². The summed E-state index contributed by atoms with van der Waals surface area (Å²) in [6.45, 7) is 0.475. The largest absolute Gasteiger partial charge is 0.488 e. The van der Waals surface area contributed by atoms with Gasteiger partial charge in [0.15, 0.2) is 0 Å². The normalized spacial score (nSPS) is 15.0. The zero-order chi connectivity index (χ0) is 22.7. The molecule has 0 N–H and O–H groups in total. The molecule has 2 amide bonds. The van der Waals surface area contributed by atoms with E-state index in [4.69, 9.17) is 4.74 Å². The maximum atomic E-state index is 13.1. The minimum atomic E-state index is -0.331. The number of amides is 2. The van der Waals surface area contributed by atoms with E-state index in [1.165, 1.54) is 17.0 Å². The summed E-state index contributed by atoms with van der Waals surface area (Å²) in [5, 5.41) is -0.302. The highest BCUT2D eigenvalue weighted by Crippen LogP contribution is 2.36. The van der Waals surface area contributed by atoms with Gasteiger partial charge in [-0.2, -0.15) is 0 Å². The van der Waals surface area contributed by atoms with Crippen molar-refractivity contribution in [1.29, 1.82) is 0 Å². The fourth-order valence-corrected chi connectivity index (χ4v) is 4.62. The van der Waals surface area contributed by atoms with Crippen molar-refractivity contribution in [2.24, 2.45) is 0 Å². The molecule has 0 unspecified atom stereocenters. The highest BCUT2D eigenvalue weighted by molar-refractivity contribution is 14.1. The quantitative estimate of drug-likeness (QED) is 0.219. The first-order chi connectivity index (χ1) is 15.4. The number of nitrogens with zero attached hydrogens (tertiary/aromatic N) is 1. The van der Waals surface area contributed by atoms with Crippen molar-refractivity contribution in [1.82, 2.24) is 4.90 Å². The molecule has 0 bridgehead atoms. The molecule has 3 aromatic carbocycles. The van der Waals surface area contributed by atoms with E-state index in [2.05, 4.69) is 38.5 Å². The van der Waals surface area contributed by atoms with Crippen LogP contribution < -0.4 is 4.74 Å². The van der Waals surface area contributed by atoms with E-state index in [1.54, 1.807) is 24.3 Å². The number of benzene rings is 3. The molecule has 162 valence electrons. The minimum absolute atomic E-state index is 0.228. The molecule has 4 nitrogen and oxygen atoms in total. The Morgan fingerprint density at radius 3 is 2.41 bits per heavy atom. The zero-order valence-corrected chi connectivity index (χ0v) is 21.1. The Labute approximate surface area is 211 Å². The second-order valence-electron chi connectivity index (χ2n) is 6.99. The Kier molecular flexibility index (Phi) is 7.32. The molecule has 1 heterocycles. The van der Waals surface area contributed by atoms with Gasteiger partial charge in [0.05, 0.1) is 11.4 Å². The summed E-state index contributed by atoms with van der Waals surface area (Å²) >= 11 is 6.57. The first kappa shape index (κ1) is 23.0. The van der Waals surface area contributed by atoms with E-state index in [9.17, 15) is 14.0 Å². The first-order valence-electron chi connectivity index (χ1n) is 9.55. The van der Waals surface area contributed by atoms with Crippen LogP contribution in [0.4, 0.5) is 9.18 Å². The highest BCUT2D eigenvalue weighted by Gasteiger charge is 2.35. The van der Waals surface area contributed by atoms with Gasteiger partial charge in [-0.3, -0.25) is 14.5 Å². The Balaban J connectivity index is 1.54. The fourth-order valence-electron chi connectivity index (χ4n) is 3.06. The third kappa shape index (κ3) is 5.60. The summed E-state index contributed by atoms with van der Waals surface area (Å²) < 4.78 is 20.9. The molecular weight excluding hydrogens is 608 g/mol. The molecule has 32 heavy (non-hydrogen) atoms. The van der Waals surface area contributed by atoms with Gasteiger partial charge >= 0.3 is 0 Å². The molecule has 0 aromatic heterocycles. The summed E-state index contributed by atoms with van der Waals surface area (Å²) in [5.41, 5.74) is 2.37. The van der Waals surface area contributed by atoms with E-state index >= 15 is 0 Å². The van der Waals surface area contributed by atoms with E-state index in [0.29, 0.717) is 16.2 Å². The Morgan fingerprint density at radius 1 is 1.00 bits per heavy atom. The second-order valence-corrected chi connectivity index (χ2v) is 10.1. The van der Waals surface area contributed by atoms with Crippen molar-refractivity contribution in [3.8, 4) is 5.75 Å². The number of ether oxygens (including phenoxy) is 1.